The third-order valence-electron chi connectivity index (χ3n) is 3.91. The highest BCUT2D eigenvalue weighted by molar-refractivity contribution is 6.10. The maximum Gasteiger partial charge on any atom is 0.251 e. The van der Waals surface area contributed by atoms with Gasteiger partial charge in [0.15, 0.2) is 5.78 Å². The van der Waals surface area contributed by atoms with E-state index in [9.17, 15) is 14.4 Å². The van der Waals surface area contributed by atoms with E-state index in [-0.39, 0.29) is 23.2 Å². The summed E-state index contributed by atoms with van der Waals surface area (Å²) in [5.41, 5.74) is 4.12. The molecule has 0 aliphatic rings. The lowest BCUT2D eigenvalue weighted by molar-refractivity contribution is -0.114. The van der Waals surface area contributed by atoms with Crippen LogP contribution in [0.3, 0.4) is 0 Å². The molecule has 26 heavy (non-hydrogen) atoms. The average Bonchev–Trinajstić information content (AvgIpc) is 2.58. The van der Waals surface area contributed by atoms with Gasteiger partial charge in [0.1, 0.15) is 0 Å². The highest BCUT2D eigenvalue weighted by Gasteiger charge is 2.09. The first kappa shape index (κ1) is 19.1. The highest BCUT2D eigenvalue weighted by atomic mass is 16.2. The average molecular weight is 350 g/mol. The minimum Gasteiger partial charge on any atom is -0.322 e. The Morgan fingerprint density at radius 2 is 1.54 bits per heavy atom. The monoisotopic (exact) mass is 350 g/mol. The molecule has 134 valence electrons. The number of anilines is 2. The van der Waals surface area contributed by atoms with Gasteiger partial charge in [-0.05, 0) is 69.2 Å². The minimum absolute atomic E-state index is 0.0398. The van der Waals surface area contributed by atoms with Crippen LogP contribution in [0.15, 0.2) is 54.1 Å². The summed E-state index contributed by atoms with van der Waals surface area (Å²) in [5, 5.41) is 5.49. The second-order valence-electron chi connectivity index (χ2n) is 6.22. The topological polar surface area (TPSA) is 75.3 Å². The van der Waals surface area contributed by atoms with Crippen molar-refractivity contribution >= 4 is 29.0 Å². The molecule has 2 rings (SSSR count). The molecule has 2 amide bonds. The van der Waals surface area contributed by atoms with E-state index in [1.165, 1.54) is 13.0 Å². The van der Waals surface area contributed by atoms with E-state index in [4.69, 9.17) is 0 Å². The fourth-order valence-corrected chi connectivity index (χ4v) is 2.32. The van der Waals surface area contributed by atoms with E-state index in [1.54, 1.807) is 31.2 Å². The van der Waals surface area contributed by atoms with Crippen molar-refractivity contribution in [1.82, 2.24) is 0 Å². The van der Waals surface area contributed by atoms with Crippen LogP contribution >= 0.6 is 0 Å². The molecule has 5 heteroatoms. The number of benzene rings is 2. The van der Waals surface area contributed by atoms with Crippen molar-refractivity contribution in [2.45, 2.75) is 27.7 Å². The first-order valence-corrected chi connectivity index (χ1v) is 8.25. The molecular formula is C21H22N2O3. The molecule has 2 N–H and O–H groups in total. The van der Waals surface area contributed by atoms with Crippen LogP contribution in [-0.2, 0) is 9.59 Å². The number of hydrogen-bond acceptors (Lipinski definition) is 3. The number of hydrogen-bond donors (Lipinski definition) is 2. The summed E-state index contributed by atoms with van der Waals surface area (Å²) in [4.78, 5) is 35.6. The molecule has 0 spiro atoms. The van der Waals surface area contributed by atoms with Gasteiger partial charge in [0.05, 0.1) is 0 Å². The zero-order valence-electron chi connectivity index (χ0n) is 15.3. The molecule has 2 aromatic rings. The van der Waals surface area contributed by atoms with Gasteiger partial charge in [-0.2, -0.15) is 0 Å². The Kier molecular flexibility index (Phi) is 6.07. The molecule has 0 fully saturated rings. The van der Waals surface area contributed by atoms with Crippen LogP contribution in [0.1, 0.15) is 35.3 Å². The van der Waals surface area contributed by atoms with E-state index in [0.29, 0.717) is 11.3 Å². The van der Waals surface area contributed by atoms with Gasteiger partial charge in [-0.25, -0.2) is 0 Å². The first-order chi connectivity index (χ1) is 12.3. The van der Waals surface area contributed by atoms with Gasteiger partial charge < -0.3 is 10.6 Å². The lowest BCUT2D eigenvalue weighted by Gasteiger charge is -2.09. The largest absolute Gasteiger partial charge is 0.322 e. The molecule has 0 aliphatic heterocycles. The zero-order chi connectivity index (χ0) is 19.3. The maximum atomic E-state index is 12.2. The molecule has 0 atom stereocenters. The van der Waals surface area contributed by atoms with Gasteiger partial charge in [-0.1, -0.05) is 12.1 Å². The summed E-state index contributed by atoms with van der Waals surface area (Å²) in [7, 11) is 0. The summed E-state index contributed by atoms with van der Waals surface area (Å²) in [5.74, 6) is -0.781. The second-order valence-corrected chi connectivity index (χ2v) is 6.22. The van der Waals surface area contributed by atoms with Crippen molar-refractivity contribution in [1.29, 1.82) is 0 Å². The number of amides is 2. The summed E-state index contributed by atoms with van der Waals surface area (Å²) < 4.78 is 0. The van der Waals surface area contributed by atoms with E-state index >= 15 is 0 Å². The summed E-state index contributed by atoms with van der Waals surface area (Å²) in [6, 6.07) is 12.4. The van der Waals surface area contributed by atoms with Crippen molar-refractivity contribution in [3.63, 3.8) is 0 Å². The van der Waals surface area contributed by atoms with Crippen LogP contribution in [-0.4, -0.2) is 17.6 Å². The normalized spacial score (nSPS) is 11.0. The Morgan fingerprint density at radius 3 is 2.15 bits per heavy atom. The van der Waals surface area contributed by atoms with Gasteiger partial charge in [0, 0.05) is 28.6 Å². The van der Waals surface area contributed by atoms with Gasteiger partial charge in [0.2, 0.25) is 5.91 Å². The van der Waals surface area contributed by atoms with E-state index < -0.39 is 0 Å². The lowest BCUT2D eigenvalue weighted by atomic mass is 10.1. The standard InChI is InChI=1S/C21H22N2O3/c1-13-5-6-14(2)19(11-13)23-20(25)12-15(3)21(26)22-18-9-7-17(8-10-18)16(4)24/h5-12H,1-4H3,(H,22,26)(H,23,25)/b15-12-. The van der Waals surface area contributed by atoms with Gasteiger partial charge >= 0.3 is 0 Å². The Labute approximate surface area is 153 Å². The molecule has 0 unspecified atom stereocenters. The van der Waals surface area contributed by atoms with Crippen LogP contribution in [0.5, 0.6) is 0 Å². The maximum absolute atomic E-state index is 12.2. The van der Waals surface area contributed by atoms with Crippen molar-refractivity contribution in [2.24, 2.45) is 0 Å². The fourth-order valence-electron chi connectivity index (χ4n) is 2.32. The molecule has 0 aliphatic carbocycles. The van der Waals surface area contributed by atoms with Crippen molar-refractivity contribution in [2.75, 3.05) is 10.6 Å². The molecule has 0 heterocycles. The van der Waals surface area contributed by atoms with Crippen molar-refractivity contribution < 1.29 is 14.4 Å². The van der Waals surface area contributed by atoms with Crippen LogP contribution < -0.4 is 10.6 Å². The zero-order valence-corrected chi connectivity index (χ0v) is 15.3. The van der Waals surface area contributed by atoms with Crippen LogP contribution in [0, 0.1) is 13.8 Å². The van der Waals surface area contributed by atoms with Gasteiger partial charge in [-0.3, -0.25) is 14.4 Å². The number of ketones is 1. The van der Waals surface area contributed by atoms with Gasteiger partial charge in [0.25, 0.3) is 5.91 Å². The first-order valence-electron chi connectivity index (χ1n) is 8.25. The van der Waals surface area contributed by atoms with E-state index in [0.717, 1.165) is 16.8 Å². The Balaban J connectivity index is 2.03. The summed E-state index contributed by atoms with van der Waals surface area (Å²) in [6.45, 7) is 6.90. The number of aryl methyl sites for hydroxylation is 2. The molecule has 0 bridgehead atoms. The molecular weight excluding hydrogens is 328 g/mol. The number of carbonyl (C=O) groups excluding carboxylic acids is 3. The Morgan fingerprint density at radius 1 is 0.885 bits per heavy atom. The third-order valence-corrected chi connectivity index (χ3v) is 3.91. The number of rotatable bonds is 5. The number of carbonyl (C=O) groups is 3. The molecule has 2 aromatic carbocycles. The highest BCUT2D eigenvalue weighted by Crippen LogP contribution is 2.16. The Bertz CT molecular complexity index is 881. The molecule has 0 saturated carbocycles. The van der Waals surface area contributed by atoms with Crippen LogP contribution in [0.4, 0.5) is 11.4 Å². The van der Waals surface area contributed by atoms with E-state index in [1.807, 2.05) is 32.0 Å². The third kappa shape index (κ3) is 5.14. The summed E-state index contributed by atoms with van der Waals surface area (Å²) >= 11 is 0. The predicted molar refractivity (Wildman–Crippen MR) is 103 cm³/mol. The van der Waals surface area contributed by atoms with E-state index in [2.05, 4.69) is 10.6 Å². The number of nitrogens with one attached hydrogen (secondary N) is 2. The quantitative estimate of drug-likeness (QED) is 0.631. The van der Waals surface area contributed by atoms with Gasteiger partial charge in [-0.15, -0.1) is 0 Å². The molecule has 0 aromatic heterocycles. The molecule has 0 radical (unpaired) electrons. The van der Waals surface area contributed by atoms with Crippen molar-refractivity contribution in [3.8, 4) is 0 Å². The SMILES string of the molecule is CC(=O)c1ccc(NC(=O)/C(C)=C\C(=O)Nc2cc(C)ccc2C)cc1. The number of Topliss-reactive ketones (excluding diaryl/α,β-unsaturated/α-hetero) is 1. The van der Waals surface area contributed by atoms with Crippen molar-refractivity contribution in [3.05, 3.63) is 70.8 Å². The Hall–Kier alpha value is -3.21. The molecule has 0 saturated heterocycles. The second kappa shape index (κ2) is 8.25. The minimum atomic E-state index is -0.378. The fraction of sp³-hybridized carbons (Fsp3) is 0.190. The smallest absolute Gasteiger partial charge is 0.251 e. The van der Waals surface area contributed by atoms with Crippen LogP contribution in [0.25, 0.3) is 0 Å². The molecule has 5 nitrogen and oxygen atoms in total. The summed E-state index contributed by atoms with van der Waals surface area (Å²) in [6.07, 6.45) is 1.26. The predicted octanol–water partition coefficient (Wildman–Crippen LogP) is 4.03. The van der Waals surface area contributed by atoms with Crippen LogP contribution in [0.2, 0.25) is 0 Å². The lowest BCUT2D eigenvalue weighted by Crippen LogP contribution is -2.16.